The van der Waals surface area contributed by atoms with Gasteiger partial charge in [-0.15, -0.1) is 0 Å². The number of nitrogens with zero attached hydrogens (tertiary/aromatic N) is 1. The Hall–Kier alpha value is -1.38. The lowest BCUT2D eigenvalue weighted by Gasteiger charge is -2.41. The second kappa shape index (κ2) is 7.70. The summed E-state index contributed by atoms with van der Waals surface area (Å²) in [6.07, 6.45) is -0.460. The summed E-state index contributed by atoms with van der Waals surface area (Å²) in [6.45, 7) is 15.8. The minimum atomic E-state index is -2.08. The van der Waals surface area contributed by atoms with Crippen molar-refractivity contribution in [1.29, 1.82) is 0 Å². The number of ether oxygens (including phenoxy) is 1. The zero-order valence-corrected chi connectivity index (χ0v) is 18.1. The van der Waals surface area contributed by atoms with Gasteiger partial charge in [0.25, 0.3) is 0 Å². The standard InChI is InChI=1S/C18H33NO6Si/c1-17(2,3)25-16(23)19-10-14(20)13(15(21)22)9-12(19)11-24-26(7,8)18(4,5)6/h9,12,14,20H,10-11H2,1-8H3,(H,21,22). The van der Waals surface area contributed by atoms with Gasteiger partial charge in [-0.1, -0.05) is 20.8 Å². The quantitative estimate of drug-likeness (QED) is 0.720. The van der Waals surface area contributed by atoms with E-state index in [1.54, 1.807) is 20.8 Å². The van der Waals surface area contributed by atoms with E-state index in [1.165, 1.54) is 11.0 Å². The maximum Gasteiger partial charge on any atom is 0.410 e. The number of hydrogen-bond donors (Lipinski definition) is 2. The third kappa shape index (κ3) is 5.82. The van der Waals surface area contributed by atoms with Crippen LogP contribution >= 0.6 is 0 Å². The lowest BCUT2D eigenvalue weighted by Crippen LogP contribution is -2.53. The Morgan fingerprint density at radius 2 is 1.77 bits per heavy atom. The molecule has 0 bridgehead atoms. The molecule has 0 radical (unpaired) electrons. The lowest BCUT2D eigenvalue weighted by molar-refractivity contribution is -0.134. The van der Waals surface area contributed by atoms with Crippen LogP contribution in [0.3, 0.4) is 0 Å². The summed E-state index contributed by atoms with van der Waals surface area (Å²) in [5, 5.41) is 19.4. The van der Waals surface area contributed by atoms with Crippen molar-refractivity contribution in [3.63, 3.8) is 0 Å². The second-order valence-corrected chi connectivity index (χ2v) is 14.0. The first kappa shape index (κ1) is 22.7. The van der Waals surface area contributed by atoms with Crippen LogP contribution < -0.4 is 0 Å². The summed E-state index contributed by atoms with van der Waals surface area (Å²) in [5.41, 5.74) is -0.808. The number of aliphatic carboxylic acids is 1. The highest BCUT2D eigenvalue weighted by molar-refractivity contribution is 6.74. The van der Waals surface area contributed by atoms with Gasteiger partial charge in [0.2, 0.25) is 0 Å². The molecule has 1 amide bonds. The van der Waals surface area contributed by atoms with Gasteiger partial charge in [-0.2, -0.15) is 0 Å². The molecule has 0 aromatic rings. The number of aliphatic hydroxyl groups is 1. The molecular weight excluding hydrogens is 354 g/mol. The van der Waals surface area contributed by atoms with Crippen LogP contribution in [-0.4, -0.2) is 66.4 Å². The van der Waals surface area contributed by atoms with Gasteiger partial charge >= 0.3 is 12.1 Å². The molecule has 2 unspecified atom stereocenters. The molecule has 0 aromatic carbocycles. The number of carbonyl (C=O) groups is 2. The average molecular weight is 388 g/mol. The van der Waals surface area contributed by atoms with Crippen molar-refractivity contribution < 1.29 is 29.0 Å². The summed E-state index contributed by atoms with van der Waals surface area (Å²) in [4.78, 5) is 25.3. The SMILES string of the molecule is CC(C)(C)OC(=O)N1CC(O)C(C(=O)O)=CC1CO[Si](C)(C)C(C)(C)C. The van der Waals surface area contributed by atoms with E-state index in [4.69, 9.17) is 9.16 Å². The van der Waals surface area contributed by atoms with E-state index in [9.17, 15) is 19.8 Å². The van der Waals surface area contributed by atoms with Crippen molar-refractivity contribution >= 4 is 20.4 Å². The Labute approximate surface area is 157 Å². The number of hydrogen-bond acceptors (Lipinski definition) is 5. The van der Waals surface area contributed by atoms with Crippen LogP contribution in [0.4, 0.5) is 4.79 Å². The molecule has 0 saturated carbocycles. The van der Waals surface area contributed by atoms with E-state index in [-0.39, 0.29) is 23.8 Å². The van der Waals surface area contributed by atoms with Gasteiger partial charge in [-0.25, -0.2) is 9.59 Å². The normalized spacial score (nSPS) is 22.0. The molecule has 0 saturated heterocycles. The zero-order chi connectivity index (χ0) is 20.5. The molecule has 0 aromatic heterocycles. The molecule has 0 spiro atoms. The van der Waals surface area contributed by atoms with Crippen molar-refractivity contribution in [2.45, 2.75) is 77.4 Å². The molecule has 1 heterocycles. The minimum absolute atomic E-state index is 0.0166. The number of carbonyl (C=O) groups excluding carboxylic acids is 1. The molecule has 1 aliphatic heterocycles. The summed E-state index contributed by atoms with van der Waals surface area (Å²) in [7, 11) is -2.08. The number of amides is 1. The van der Waals surface area contributed by atoms with Gasteiger partial charge in [-0.3, -0.25) is 4.90 Å². The fourth-order valence-electron chi connectivity index (χ4n) is 2.22. The van der Waals surface area contributed by atoms with Crippen LogP contribution in [-0.2, 0) is 14.0 Å². The Bertz CT molecular complexity index is 573. The van der Waals surface area contributed by atoms with E-state index < -0.39 is 38.1 Å². The predicted molar refractivity (Wildman–Crippen MR) is 102 cm³/mol. The largest absolute Gasteiger partial charge is 0.478 e. The first-order valence-electron chi connectivity index (χ1n) is 8.82. The smallest absolute Gasteiger partial charge is 0.410 e. The second-order valence-electron chi connectivity index (χ2n) is 9.21. The fraction of sp³-hybridized carbons (Fsp3) is 0.778. The topological polar surface area (TPSA) is 96.3 Å². The van der Waals surface area contributed by atoms with Crippen molar-refractivity contribution in [1.82, 2.24) is 4.90 Å². The van der Waals surface area contributed by atoms with Gasteiger partial charge in [0.15, 0.2) is 8.32 Å². The van der Waals surface area contributed by atoms with Gasteiger partial charge in [0, 0.05) is 0 Å². The monoisotopic (exact) mass is 387 g/mol. The molecule has 0 aliphatic carbocycles. The number of carboxylic acids is 1. The maximum atomic E-state index is 12.5. The van der Waals surface area contributed by atoms with Crippen LogP contribution in [0.25, 0.3) is 0 Å². The molecule has 2 atom stereocenters. The fourth-order valence-corrected chi connectivity index (χ4v) is 3.24. The summed E-state index contributed by atoms with van der Waals surface area (Å²) >= 11 is 0. The Balaban J connectivity index is 3.08. The van der Waals surface area contributed by atoms with Crippen molar-refractivity contribution in [2.24, 2.45) is 0 Å². The molecule has 0 fully saturated rings. The van der Waals surface area contributed by atoms with Gasteiger partial charge in [-0.05, 0) is 45.0 Å². The third-order valence-corrected chi connectivity index (χ3v) is 9.30. The van der Waals surface area contributed by atoms with Gasteiger partial charge < -0.3 is 19.4 Å². The zero-order valence-electron chi connectivity index (χ0n) is 17.1. The van der Waals surface area contributed by atoms with Crippen LogP contribution in [0.1, 0.15) is 41.5 Å². The molecule has 8 heteroatoms. The maximum absolute atomic E-state index is 12.5. The Kier molecular flexibility index (Phi) is 6.71. The Morgan fingerprint density at radius 1 is 1.23 bits per heavy atom. The van der Waals surface area contributed by atoms with Crippen LogP contribution in [0.2, 0.25) is 18.1 Å². The van der Waals surface area contributed by atoms with Crippen LogP contribution in [0, 0.1) is 0 Å². The average Bonchev–Trinajstić information content (AvgIpc) is 2.42. The molecule has 7 nitrogen and oxygen atoms in total. The summed E-state index contributed by atoms with van der Waals surface area (Å²) < 4.78 is 11.6. The number of aliphatic hydroxyl groups excluding tert-OH is 1. The van der Waals surface area contributed by atoms with Gasteiger partial charge in [0.05, 0.1) is 24.8 Å². The van der Waals surface area contributed by atoms with Crippen LogP contribution in [0.5, 0.6) is 0 Å². The predicted octanol–water partition coefficient (Wildman–Crippen LogP) is 3.00. The first-order valence-corrected chi connectivity index (χ1v) is 11.7. The highest BCUT2D eigenvalue weighted by Crippen LogP contribution is 2.37. The molecule has 26 heavy (non-hydrogen) atoms. The summed E-state index contributed by atoms with van der Waals surface area (Å²) in [6, 6.07) is -0.603. The van der Waals surface area contributed by atoms with Crippen molar-refractivity contribution in [2.75, 3.05) is 13.2 Å². The van der Waals surface area contributed by atoms with Crippen LogP contribution in [0.15, 0.2) is 11.6 Å². The minimum Gasteiger partial charge on any atom is -0.478 e. The molecule has 1 aliphatic rings. The summed E-state index contributed by atoms with van der Waals surface area (Å²) in [5.74, 6) is -1.20. The van der Waals surface area contributed by atoms with E-state index >= 15 is 0 Å². The van der Waals surface area contributed by atoms with E-state index in [0.29, 0.717) is 0 Å². The first-order chi connectivity index (χ1) is 11.5. The number of carboxylic acid groups (broad SMARTS) is 1. The lowest BCUT2D eigenvalue weighted by atomic mass is 10.0. The van der Waals surface area contributed by atoms with Gasteiger partial charge in [0.1, 0.15) is 11.7 Å². The highest BCUT2D eigenvalue weighted by atomic mass is 28.4. The van der Waals surface area contributed by atoms with E-state index in [0.717, 1.165) is 0 Å². The highest BCUT2D eigenvalue weighted by Gasteiger charge is 2.40. The van der Waals surface area contributed by atoms with Crippen molar-refractivity contribution in [3.8, 4) is 0 Å². The van der Waals surface area contributed by atoms with E-state index in [2.05, 4.69) is 33.9 Å². The van der Waals surface area contributed by atoms with Crippen molar-refractivity contribution in [3.05, 3.63) is 11.6 Å². The third-order valence-electron chi connectivity index (χ3n) is 4.80. The molecule has 1 rings (SSSR count). The molecular formula is C18H33NO6Si. The van der Waals surface area contributed by atoms with E-state index in [1.807, 2.05) is 0 Å². The molecule has 150 valence electrons. The number of β-amino-alcohol motifs (C(OH)–C–C–N with tert-alkyl or cyclic N) is 1. The Morgan fingerprint density at radius 3 is 2.19 bits per heavy atom. The number of rotatable bonds is 4. The molecule has 2 N–H and O–H groups in total.